The van der Waals surface area contributed by atoms with Gasteiger partial charge in [0.05, 0.1) is 15.6 Å². The summed E-state index contributed by atoms with van der Waals surface area (Å²) in [6.45, 7) is 1.54. The number of benzene rings is 1. The largest absolute Gasteiger partial charge is 0.478 e. The summed E-state index contributed by atoms with van der Waals surface area (Å²) in [4.78, 5) is 21.6. The Morgan fingerprint density at radius 1 is 1.38 bits per heavy atom. The molecule has 0 atom stereocenters. The average Bonchev–Trinajstić information content (AvgIpc) is 2.15. The number of hydrogen-bond acceptors (Lipinski definition) is 2. The number of halogens is 2. The first-order chi connectivity index (χ1) is 7.43. The molecule has 0 bridgehead atoms. The number of amides is 1. The van der Waals surface area contributed by atoms with Crippen molar-refractivity contribution in [2.24, 2.45) is 0 Å². The summed E-state index contributed by atoms with van der Waals surface area (Å²) in [5, 5.41) is 11.5. The number of rotatable bonds is 3. The second kappa shape index (κ2) is 5.18. The highest BCUT2D eigenvalue weighted by Crippen LogP contribution is 2.28. The van der Waals surface area contributed by atoms with Gasteiger partial charge in [-0.15, -0.1) is 0 Å². The molecule has 0 saturated heterocycles. The van der Waals surface area contributed by atoms with E-state index in [0.29, 0.717) is 5.56 Å². The lowest BCUT2D eigenvalue weighted by Crippen LogP contribution is -2.19. The molecule has 0 heterocycles. The number of hydrogen-bond donors (Lipinski definition) is 2. The minimum Gasteiger partial charge on any atom is -0.478 e. The Morgan fingerprint density at radius 3 is 2.50 bits per heavy atom. The van der Waals surface area contributed by atoms with Crippen molar-refractivity contribution in [2.75, 3.05) is 0 Å². The molecule has 2 N–H and O–H groups in total. The van der Waals surface area contributed by atoms with E-state index in [1.54, 1.807) is 6.07 Å². The molecule has 1 aromatic rings. The normalized spacial score (nSPS) is 9.94. The molecule has 0 spiro atoms. The van der Waals surface area contributed by atoms with Crippen molar-refractivity contribution >= 4 is 35.1 Å². The van der Waals surface area contributed by atoms with Gasteiger partial charge in [-0.2, -0.15) is 0 Å². The first-order valence-electron chi connectivity index (χ1n) is 4.38. The van der Waals surface area contributed by atoms with Gasteiger partial charge in [0.25, 0.3) is 0 Å². The number of nitrogens with one attached hydrogen (secondary N) is 1. The minimum atomic E-state index is -1.19. The van der Waals surface area contributed by atoms with Gasteiger partial charge in [0.15, 0.2) is 0 Å². The van der Waals surface area contributed by atoms with Crippen LogP contribution in [-0.2, 0) is 11.3 Å². The first kappa shape index (κ1) is 12.8. The van der Waals surface area contributed by atoms with Gasteiger partial charge in [0.1, 0.15) is 0 Å². The van der Waals surface area contributed by atoms with E-state index in [4.69, 9.17) is 28.3 Å². The third-order valence-corrected chi connectivity index (χ3v) is 2.66. The van der Waals surface area contributed by atoms with E-state index in [2.05, 4.69) is 5.32 Å². The fourth-order valence-corrected chi connectivity index (χ4v) is 1.75. The summed E-state index contributed by atoms with van der Waals surface area (Å²) >= 11 is 11.6. The van der Waals surface area contributed by atoms with Crippen LogP contribution in [-0.4, -0.2) is 17.0 Å². The third kappa shape index (κ3) is 2.87. The molecule has 4 nitrogen and oxygen atoms in total. The fourth-order valence-electron chi connectivity index (χ4n) is 1.15. The zero-order valence-corrected chi connectivity index (χ0v) is 9.89. The highest BCUT2D eigenvalue weighted by Gasteiger charge is 2.16. The van der Waals surface area contributed by atoms with Crippen molar-refractivity contribution < 1.29 is 14.7 Å². The fraction of sp³-hybridized carbons (Fsp3) is 0.200. The summed E-state index contributed by atoms with van der Waals surface area (Å²) in [6.07, 6.45) is 0. The van der Waals surface area contributed by atoms with Crippen LogP contribution in [0.25, 0.3) is 0 Å². The van der Waals surface area contributed by atoms with Crippen molar-refractivity contribution in [3.63, 3.8) is 0 Å². The number of carbonyl (C=O) groups is 2. The van der Waals surface area contributed by atoms with E-state index < -0.39 is 5.97 Å². The van der Waals surface area contributed by atoms with Crippen molar-refractivity contribution in [3.05, 3.63) is 33.3 Å². The lowest BCUT2D eigenvalue weighted by Gasteiger charge is -2.08. The summed E-state index contributed by atoms with van der Waals surface area (Å²) in [5.41, 5.74) is 0.366. The summed E-state index contributed by atoms with van der Waals surface area (Å²) in [5.74, 6) is -1.41. The maximum atomic E-state index is 10.9. The molecule has 0 aliphatic heterocycles. The predicted molar refractivity (Wildman–Crippen MR) is 60.9 cm³/mol. The van der Waals surface area contributed by atoms with Gasteiger partial charge in [-0.05, 0) is 11.6 Å². The van der Waals surface area contributed by atoms with E-state index in [1.807, 2.05) is 0 Å². The second-order valence-electron chi connectivity index (χ2n) is 3.11. The molecule has 0 aromatic heterocycles. The molecule has 0 radical (unpaired) electrons. The Labute approximate surface area is 102 Å². The van der Waals surface area contributed by atoms with Gasteiger partial charge >= 0.3 is 5.97 Å². The number of carbonyl (C=O) groups excluding carboxylic acids is 1. The molecule has 0 saturated carbocycles. The summed E-state index contributed by atoms with van der Waals surface area (Å²) < 4.78 is 0. The van der Waals surface area contributed by atoms with Crippen LogP contribution in [0.1, 0.15) is 22.8 Å². The summed E-state index contributed by atoms with van der Waals surface area (Å²) in [7, 11) is 0. The van der Waals surface area contributed by atoms with Crippen LogP contribution in [0.15, 0.2) is 12.1 Å². The Balaban J connectivity index is 3.08. The van der Waals surface area contributed by atoms with Crippen LogP contribution in [0.5, 0.6) is 0 Å². The van der Waals surface area contributed by atoms with E-state index in [9.17, 15) is 9.59 Å². The second-order valence-corrected chi connectivity index (χ2v) is 3.90. The van der Waals surface area contributed by atoms with Crippen LogP contribution in [0.2, 0.25) is 10.0 Å². The Kier molecular flexibility index (Phi) is 4.15. The van der Waals surface area contributed by atoms with Crippen LogP contribution < -0.4 is 5.32 Å². The van der Waals surface area contributed by atoms with E-state index in [-0.39, 0.29) is 28.1 Å². The Bertz CT molecular complexity index is 446. The molecular weight excluding hydrogens is 253 g/mol. The Morgan fingerprint density at radius 2 is 2.00 bits per heavy atom. The van der Waals surface area contributed by atoms with Crippen LogP contribution in [0.3, 0.4) is 0 Å². The quantitative estimate of drug-likeness (QED) is 0.878. The van der Waals surface area contributed by atoms with E-state index in [1.165, 1.54) is 13.0 Å². The number of aromatic carboxylic acids is 1. The number of carboxylic acids is 1. The number of carboxylic acid groups (broad SMARTS) is 1. The van der Waals surface area contributed by atoms with Gasteiger partial charge in [-0.25, -0.2) is 4.79 Å². The van der Waals surface area contributed by atoms with Gasteiger partial charge < -0.3 is 10.4 Å². The van der Waals surface area contributed by atoms with Crippen molar-refractivity contribution in [3.8, 4) is 0 Å². The standard InChI is InChI=1S/C10H9Cl2NO3/c1-5(14)13-4-6-2-3-7(11)8(9(6)12)10(15)16/h2-3H,4H2,1H3,(H,13,14)(H,15,16). The molecule has 1 amide bonds. The van der Waals surface area contributed by atoms with Crippen LogP contribution in [0.4, 0.5) is 0 Å². The molecule has 86 valence electrons. The molecule has 0 fully saturated rings. The maximum Gasteiger partial charge on any atom is 0.338 e. The van der Waals surface area contributed by atoms with Gasteiger partial charge in [-0.3, -0.25) is 4.79 Å². The molecule has 0 aliphatic carbocycles. The predicted octanol–water partition coefficient (Wildman–Crippen LogP) is 2.33. The zero-order chi connectivity index (χ0) is 12.3. The summed E-state index contributed by atoms with van der Waals surface area (Å²) in [6, 6.07) is 3.01. The van der Waals surface area contributed by atoms with E-state index in [0.717, 1.165) is 0 Å². The van der Waals surface area contributed by atoms with Gasteiger partial charge in [-0.1, -0.05) is 29.3 Å². The maximum absolute atomic E-state index is 10.9. The lowest BCUT2D eigenvalue weighted by atomic mass is 10.1. The molecular formula is C10H9Cl2NO3. The highest BCUT2D eigenvalue weighted by atomic mass is 35.5. The average molecular weight is 262 g/mol. The molecule has 0 unspecified atom stereocenters. The van der Waals surface area contributed by atoms with Crippen molar-refractivity contribution in [1.82, 2.24) is 5.32 Å². The monoisotopic (exact) mass is 261 g/mol. The van der Waals surface area contributed by atoms with Crippen molar-refractivity contribution in [1.29, 1.82) is 0 Å². The van der Waals surface area contributed by atoms with E-state index >= 15 is 0 Å². The molecule has 0 aliphatic rings. The van der Waals surface area contributed by atoms with Crippen LogP contribution >= 0.6 is 23.2 Å². The topological polar surface area (TPSA) is 66.4 Å². The Hall–Kier alpha value is -1.26. The van der Waals surface area contributed by atoms with Gasteiger partial charge in [0, 0.05) is 13.5 Å². The molecule has 6 heteroatoms. The lowest BCUT2D eigenvalue weighted by molar-refractivity contribution is -0.119. The first-order valence-corrected chi connectivity index (χ1v) is 5.13. The SMILES string of the molecule is CC(=O)NCc1ccc(Cl)c(C(=O)O)c1Cl. The smallest absolute Gasteiger partial charge is 0.338 e. The van der Waals surface area contributed by atoms with Crippen molar-refractivity contribution in [2.45, 2.75) is 13.5 Å². The third-order valence-electron chi connectivity index (χ3n) is 1.91. The van der Waals surface area contributed by atoms with Gasteiger partial charge in [0.2, 0.25) is 5.91 Å². The van der Waals surface area contributed by atoms with Crippen LogP contribution in [0, 0.1) is 0 Å². The highest BCUT2D eigenvalue weighted by molar-refractivity contribution is 6.39. The zero-order valence-electron chi connectivity index (χ0n) is 8.38. The molecule has 1 aromatic carbocycles. The minimum absolute atomic E-state index is 0.0498. The molecule has 1 rings (SSSR count). The molecule has 16 heavy (non-hydrogen) atoms.